The van der Waals surface area contributed by atoms with Crippen LogP contribution in [0.15, 0.2) is 18.3 Å². The van der Waals surface area contributed by atoms with Crippen molar-refractivity contribution < 1.29 is 4.21 Å². The van der Waals surface area contributed by atoms with E-state index >= 15 is 0 Å². The van der Waals surface area contributed by atoms with Gasteiger partial charge in [0.15, 0.2) is 0 Å². The van der Waals surface area contributed by atoms with Crippen molar-refractivity contribution in [3.8, 4) is 6.07 Å². The lowest BCUT2D eigenvalue weighted by Gasteiger charge is -2.08. The van der Waals surface area contributed by atoms with Crippen LogP contribution in [0.25, 0.3) is 0 Å². The third-order valence-corrected chi connectivity index (χ3v) is 3.76. The number of hydrogen-bond acceptors (Lipinski definition) is 4. The van der Waals surface area contributed by atoms with Crippen molar-refractivity contribution >= 4 is 10.8 Å². The third kappa shape index (κ3) is 3.72. The Morgan fingerprint density at radius 3 is 3.06 bits per heavy atom. The number of aromatic nitrogens is 1. The van der Waals surface area contributed by atoms with Gasteiger partial charge in [0.2, 0.25) is 0 Å². The summed E-state index contributed by atoms with van der Waals surface area (Å²) in [6.45, 7) is 2.50. The van der Waals surface area contributed by atoms with E-state index in [-0.39, 0.29) is 5.92 Å². The van der Waals surface area contributed by atoms with Gasteiger partial charge in [-0.3, -0.25) is 4.21 Å². The van der Waals surface area contributed by atoms with Crippen LogP contribution < -0.4 is 5.73 Å². The zero-order valence-electron chi connectivity index (χ0n) is 9.22. The predicted molar refractivity (Wildman–Crippen MR) is 63.9 cm³/mol. The van der Waals surface area contributed by atoms with Gasteiger partial charge in [-0.25, -0.2) is 4.98 Å². The van der Waals surface area contributed by atoms with E-state index in [2.05, 4.69) is 4.98 Å². The van der Waals surface area contributed by atoms with Gasteiger partial charge in [-0.15, -0.1) is 0 Å². The standard InChI is InChI=1S/C11H15N3OS/c1-9(5-12)7-16(15)8-10-3-2-4-14-11(10)6-13/h2-4,9H,5,7-8,12H2,1H3. The molecule has 0 radical (unpaired) electrons. The van der Waals surface area contributed by atoms with Crippen LogP contribution in [0.3, 0.4) is 0 Å². The van der Waals surface area contributed by atoms with Gasteiger partial charge in [0.05, 0.1) is 5.75 Å². The molecule has 1 heterocycles. The van der Waals surface area contributed by atoms with E-state index < -0.39 is 10.8 Å². The van der Waals surface area contributed by atoms with Crippen LogP contribution in [0.5, 0.6) is 0 Å². The van der Waals surface area contributed by atoms with Crippen LogP contribution in [0.2, 0.25) is 0 Å². The Balaban J connectivity index is 2.67. The molecule has 1 aromatic rings. The lowest BCUT2D eigenvalue weighted by molar-refractivity contribution is 0.640. The van der Waals surface area contributed by atoms with Crippen LogP contribution in [-0.2, 0) is 16.6 Å². The Hall–Kier alpha value is -1.25. The van der Waals surface area contributed by atoms with E-state index in [0.717, 1.165) is 5.56 Å². The predicted octanol–water partition coefficient (Wildman–Crippen LogP) is 0.797. The minimum Gasteiger partial charge on any atom is -0.330 e. The van der Waals surface area contributed by atoms with Crippen LogP contribution in [0.4, 0.5) is 0 Å². The van der Waals surface area contributed by atoms with E-state index in [9.17, 15) is 4.21 Å². The van der Waals surface area contributed by atoms with Crippen molar-refractivity contribution in [3.63, 3.8) is 0 Å². The Kier molecular flexibility index (Phi) is 5.09. The summed E-state index contributed by atoms with van der Waals surface area (Å²) in [5.74, 6) is 1.18. The first-order valence-electron chi connectivity index (χ1n) is 5.06. The molecule has 0 aromatic carbocycles. The Morgan fingerprint density at radius 2 is 2.44 bits per heavy atom. The van der Waals surface area contributed by atoms with Gasteiger partial charge in [0.25, 0.3) is 0 Å². The molecule has 86 valence electrons. The van der Waals surface area contributed by atoms with Crippen molar-refractivity contribution in [2.24, 2.45) is 11.7 Å². The second-order valence-electron chi connectivity index (χ2n) is 3.71. The fourth-order valence-electron chi connectivity index (χ4n) is 1.27. The Bertz CT molecular complexity index is 414. The highest BCUT2D eigenvalue weighted by atomic mass is 32.2. The molecule has 2 N–H and O–H groups in total. The van der Waals surface area contributed by atoms with Gasteiger partial charge in [0.1, 0.15) is 11.8 Å². The van der Waals surface area contributed by atoms with E-state index in [1.165, 1.54) is 0 Å². The molecule has 1 rings (SSSR count). The summed E-state index contributed by atoms with van der Waals surface area (Å²) in [7, 11) is -0.984. The number of nitriles is 1. The average Bonchev–Trinajstić information content (AvgIpc) is 2.29. The summed E-state index contributed by atoms with van der Waals surface area (Å²) in [5.41, 5.74) is 6.57. The highest BCUT2D eigenvalue weighted by molar-refractivity contribution is 7.84. The summed E-state index contributed by atoms with van der Waals surface area (Å²) in [6, 6.07) is 5.54. The molecule has 0 amide bonds. The van der Waals surface area contributed by atoms with Gasteiger partial charge in [-0.1, -0.05) is 13.0 Å². The first-order valence-corrected chi connectivity index (χ1v) is 6.55. The van der Waals surface area contributed by atoms with Gasteiger partial charge < -0.3 is 5.73 Å². The van der Waals surface area contributed by atoms with Crippen LogP contribution in [0.1, 0.15) is 18.2 Å². The van der Waals surface area contributed by atoms with Crippen LogP contribution >= 0.6 is 0 Å². The molecule has 4 nitrogen and oxygen atoms in total. The molecule has 16 heavy (non-hydrogen) atoms. The third-order valence-electron chi connectivity index (χ3n) is 2.19. The zero-order valence-corrected chi connectivity index (χ0v) is 10.0. The monoisotopic (exact) mass is 237 g/mol. The van der Waals surface area contributed by atoms with Crippen LogP contribution in [0, 0.1) is 17.2 Å². The first-order chi connectivity index (χ1) is 7.67. The van der Waals surface area contributed by atoms with Crippen molar-refractivity contribution in [2.45, 2.75) is 12.7 Å². The molecule has 1 aromatic heterocycles. The number of pyridine rings is 1. The molecule has 5 heteroatoms. The number of rotatable bonds is 5. The number of nitrogens with zero attached hydrogens (tertiary/aromatic N) is 2. The maximum atomic E-state index is 11.8. The summed E-state index contributed by atoms with van der Waals surface area (Å²) in [4.78, 5) is 3.93. The van der Waals surface area contributed by atoms with Crippen molar-refractivity contribution in [2.75, 3.05) is 12.3 Å². The van der Waals surface area contributed by atoms with E-state index in [4.69, 9.17) is 11.0 Å². The second kappa shape index (κ2) is 6.36. The van der Waals surface area contributed by atoms with Crippen molar-refractivity contribution in [1.82, 2.24) is 4.98 Å². The maximum absolute atomic E-state index is 11.8. The molecule has 0 fully saturated rings. The van der Waals surface area contributed by atoms with Gasteiger partial charge in [0, 0.05) is 28.3 Å². The topological polar surface area (TPSA) is 79.8 Å². The summed E-state index contributed by atoms with van der Waals surface area (Å²) in [6.07, 6.45) is 1.56. The normalized spacial score (nSPS) is 14.1. The quantitative estimate of drug-likeness (QED) is 0.821. The fraction of sp³-hybridized carbons (Fsp3) is 0.455. The fourth-order valence-corrected chi connectivity index (χ4v) is 2.74. The highest BCUT2D eigenvalue weighted by Gasteiger charge is 2.10. The molecular formula is C11H15N3OS. The lowest BCUT2D eigenvalue weighted by Crippen LogP contribution is -2.18. The van der Waals surface area contributed by atoms with E-state index in [0.29, 0.717) is 23.7 Å². The van der Waals surface area contributed by atoms with Crippen molar-refractivity contribution in [1.29, 1.82) is 5.26 Å². The van der Waals surface area contributed by atoms with E-state index in [1.807, 2.05) is 13.0 Å². The molecular weight excluding hydrogens is 222 g/mol. The molecule has 2 unspecified atom stereocenters. The zero-order chi connectivity index (χ0) is 12.0. The summed E-state index contributed by atoms with van der Waals surface area (Å²) in [5, 5.41) is 8.83. The minimum atomic E-state index is -0.984. The lowest BCUT2D eigenvalue weighted by atomic mass is 10.2. The summed E-state index contributed by atoms with van der Waals surface area (Å²) >= 11 is 0. The maximum Gasteiger partial charge on any atom is 0.144 e. The molecule has 0 saturated carbocycles. The smallest absolute Gasteiger partial charge is 0.144 e. The minimum absolute atomic E-state index is 0.239. The Morgan fingerprint density at radius 1 is 1.69 bits per heavy atom. The molecule has 2 atom stereocenters. The average molecular weight is 237 g/mol. The molecule has 0 bridgehead atoms. The van der Waals surface area contributed by atoms with Crippen LogP contribution in [-0.4, -0.2) is 21.5 Å². The molecule has 0 aliphatic rings. The SMILES string of the molecule is CC(CN)CS(=O)Cc1cccnc1C#N. The van der Waals surface area contributed by atoms with Gasteiger partial charge in [-0.05, 0) is 18.5 Å². The molecule has 0 aliphatic carbocycles. The number of nitrogens with two attached hydrogens (primary N) is 1. The number of hydrogen-bond donors (Lipinski definition) is 1. The molecule has 0 spiro atoms. The second-order valence-corrected chi connectivity index (χ2v) is 5.22. The van der Waals surface area contributed by atoms with Gasteiger partial charge >= 0.3 is 0 Å². The van der Waals surface area contributed by atoms with E-state index in [1.54, 1.807) is 18.3 Å². The first kappa shape index (κ1) is 12.8. The highest BCUT2D eigenvalue weighted by Crippen LogP contribution is 2.09. The largest absolute Gasteiger partial charge is 0.330 e. The van der Waals surface area contributed by atoms with Gasteiger partial charge in [-0.2, -0.15) is 5.26 Å². The molecule has 0 saturated heterocycles. The summed E-state index contributed by atoms with van der Waals surface area (Å²) < 4.78 is 11.8. The molecule has 0 aliphatic heterocycles. The Labute approximate surface area is 97.9 Å². The van der Waals surface area contributed by atoms with Crippen molar-refractivity contribution in [3.05, 3.63) is 29.6 Å².